The Morgan fingerprint density at radius 1 is 0.360 bits per heavy atom. The predicted molar refractivity (Wildman–Crippen MR) is 212 cm³/mol. The van der Waals surface area contributed by atoms with Crippen LogP contribution in [0.15, 0.2) is 192 Å². The molecule has 0 N–H and O–H groups in total. The van der Waals surface area contributed by atoms with Crippen molar-refractivity contribution in [2.75, 3.05) is 4.90 Å². The van der Waals surface area contributed by atoms with Crippen molar-refractivity contribution in [2.45, 2.75) is 0 Å². The summed E-state index contributed by atoms with van der Waals surface area (Å²) < 4.78 is 6.76. The van der Waals surface area contributed by atoms with Crippen molar-refractivity contribution in [3.8, 4) is 22.3 Å². The highest BCUT2D eigenvalue weighted by Gasteiger charge is 2.24. The van der Waals surface area contributed by atoms with Crippen molar-refractivity contribution in [3.05, 3.63) is 188 Å². The molecule has 10 aromatic rings. The molecule has 1 aromatic heterocycles. The number of fused-ring (bicyclic) bond motifs is 8. The lowest BCUT2D eigenvalue weighted by molar-refractivity contribution is 0.673. The minimum Gasteiger partial charge on any atom is -0.455 e. The Balaban J connectivity index is 1.31. The van der Waals surface area contributed by atoms with Crippen LogP contribution in [-0.2, 0) is 0 Å². The highest BCUT2D eigenvalue weighted by atomic mass is 16.3. The average molecular weight is 638 g/mol. The van der Waals surface area contributed by atoms with E-state index in [1.165, 1.54) is 43.6 Å². The molecule has 2 nitrogen and oxygen atoms in total. The van der Waals surface area contributed by atoms with E-state index in [9.17, 15) is 0 Å². The molecule has 0 spiro atoms. The van der Waals surface area contributed by atoms with Crippen LogP contribution >= 0.6 is 0 Å². The summed E-state index contributed by atoms with van der Waals surface area (Å²) in [5.74, 6) is 0. The molecule has 0 fully saturated rings. The van der Waals surface area contributed by atoms with Gasteiger partial charge in [-0.15, -0.1) is 0 Å². The van der Waals surface area contributed by atoms with Crippen LogP contribution in [0.25, 0.3) is 76.5 Å². The van der Waals surface area contributed by atoms with Gasteiger partial charge in [-0.2, -0.15) is 0 Å². The zero-order chi connectivity index (χ0) is 33.0. The minimum absolute atomic E-state index is 0.896. The largest absolute Gasteiger partial charge is 0.455 e. The number of nitrogens with zero attached hydrogens (tertiary/aromatic N) is 1. The summed E-state index contributed by atoms with van der Waals surface area (Å²) in [5.41, 5.74) is 9.92. The van der Waals surface area contributed by atoms with Gasteiger partial charge in [0, 0.05) is 38.8 Å². The Bertz CT molecular complexity index is 2810. The van der Waals surface area contributed by atoms with Crippen LogP contribution in [0, 0.1) is 0 Å². The number of anilines is 3. The SMILES string of the molecule is c1ccc(N(c2ccccc2)c2ccc(-c3c(-c4cc5ccccc5c5ccccc45)c4c5ccccc5oc4c4ccccc34)cc2)cc1. The van der Waals surface area contributed by atoms with E-state index in [1.807, 2.05) is 0 Å². The molecule has 0 unspecified atom stereocenters. The predicted octanol–water partition coefficient (Wildman–Crippen LogP) is 13.8. The standard InChI is InChI=1S/C48H31NO/c1-3-16-34(17-4-1)49(35-18-5-2-6-19-35)36-29-27-32(28-30-36)45-40-23-11-12-24-41(40)48-47(42-25-13-14-26-44(42)50-48)46(45)43-31-33-15-7-8-20-37(33)38-21-9-10-22-39(38)43/h1-31H. The second kappa shape index (κ2) is 11.5. The molecule has 9 aromatic carbocycles. The lowest BCUT2D eigenvalue weighted by Gasteiger charge is -2.26. The molecule has 0 aliphatic rings. The Hall–Kier alpha value is -6.64. The van der Waals surface area contributed by atoms with Gasteiger partial charge < -0.3 is 9.32 Å². The zero-order valence-corrected chi connectivity index (χ0v) is 27.3. The fourth-order valence-corrected chi connectivity index (χ4v) is 7.85. The molecule has 0 bridgehead atoms. The zero-order valence-electron chi connectivity index (χ0n) is 27.3. The molecular formula is C48H31NO. The van der Waals surface area contributed by atoms with Gasteiger partial charge in [-0.1, -0.05) is 140 Å². The lowest BCUT2D eigenvalue weighted by atomic mass is 9.83. The van der Waals surface area contributed by atoms with Crippen LogP contribution in [0.4, 0.5) is 17.1 Å². The van der Waals surface area contributed by atoms with Gasteiger partial charge in [-0.3, -0.25) is 0 Å². The van der Waals surface area contributed by atoms with Gasteiger partial charge in [0.15, 0.2) is 0 Å². The minimum atomic E-state index is 0.896. The second-order valence-corrected chi connectivity index (χ2v) is 12.8. The van der Waals surface area contributed by atoms with E-state index >= 15 is 0 Å². The average Bonchev–Trinajstić information content (AvgIpc) is 3.58. The van der Waals surface area contributed by atoms with Crippen molar-refractivity contribution >= 4 is 71.3 Å². The number of hydrogen-bond donors (Lipinski definition) is 0. The maximum Gasteiger partial charge on any atom is 0.143 e. The molecule has 50 heavy (non-hydrogen) atoms. The summed E-state index contributed by atoms with van der Waals surface area (Å²) in [5, 5.41) is 9.50. The van der Waals surface area contributed by atoms with Crippen molar-refractivity contribution in [1.29, 1.82) is 0 Å². The number of furan rings is 1. The molecule has 1 heterocycles. The lowest BCUT2D eigenvalue weighted by Crippen LogP contribution is -2.09. The summed E-state index contributed by atoms with van der Waals surface area (Å²) in [6.07, 6.45) is 0. The first-order chi connectivity index (χ1) is 24.8. The quantitative estimate of drug-likeness (QED) is 0.175. The smallest absolute Gasteiger partial charge is 0.143 e. The van der Waals surface area contributed by atoms with Gasteiger partial charge in [0.2, 0.25) is 0 Å². The van der Waals surface area contributed by atoms with Crippen LogP contribution in [0.2, 0.25) is 0 Å². The van der Waals surface area contributed by atoms with Crippen molar-refractivity contribution in [3.63, 3.8) is 0 Å². The molecule has 0 aliphatic heterocycles. The number of benzene rings is 9. The van der Waals surface area contributed by atoms with Crippen LogP contribution < -0.4 is 4.90 Å². The molecule has 2 heteroatoms. The molecule has 0 saturated carbocycles. The highest BCUT2D eigenvalue weighted by Crippen LogP contribution is 2.50. The highest BCUT2D eigenvalue weighted by molar-refractivity contribution is 6.29. The maximum absolute atomic E-state index is 6.76. The molecular weight excluding hydrogens is 607 g/mol. The summed E-state index contributed by atoms with van der Waals surface area (Å²) in [4.78, 5) is 2.31. The van der Waals surface area contributed by atoms with E-state index in [0.717, 1.165) is 50.0 Å². The third kappa shape index (κ3) is 4.43. The molecule has 0 saturated heterocycles. The Morgan fingerprint density at radius 2 is 0.880 bits per heavy atom. The van der Waals surface area contributed by atoms with E-state index in [-0.39, 0.29) is 0 Å². The van der Waals surface area contributed by atoms with Crippen LogP contribution in [0.3, 0.4) is 0 Å². The molecule has 0 amide bonds. The Morgan fingerprint density at radius 3 is 1.58 bits per heavy atom. The number of para-hydroxylation sites is 3. The molecule has 10 rings (SSSR count). The van der Waals surface area contributed by atoms with Crippen molar-refractivity contribution in [2.24, 2.45) is 0 Å². The van der Waals surface area contributed by atoms with E-state index in [4.69, 9.17) is 4.42 Å². The van der Waals surface area contributed by atoms with E-state index in [2.05, 4.69) is 193 Å². The van der Waals surface area contributed by atoms with Gasteiger partial charge in [0.25, 0.3) is 0 Å². The van der Waals surface area contributed by atoms with E-state index < -0.39 is 0 Å². The monoisotopic (exact) mass is 637 g/mol. The first-order valence-corrected chi connectivity index (χ1v) is 17.1. The normalized spacial score (nSPS) is 11.6. The van der Waals surface area contributed by atoms with Gasteiger partial charge in [0.1, 0.15) is 11.2 Å². The molecule has 234 valence electrons. The Labute approximate surface area is 290 Å². The fourth-order valence-electron chi connectivity index (χ4n) is 7.85. The first kappa shape index (κ1) is 28.4. The maximum atomic E-state index is 6.76. The summed E-state index contributed by atoms with van der Waals surface area (Å²) in [6.45, 7) is 0. The fraction of sp³-hybridized carbons (Fsp3) is 0. The summed E-state index contributed by atoms with van der Waals surface area (Å²) in [7, 11) is 0. The van der Waals surface area contributed by atoms with Crippen LogP contribution in [0.1, 0.15) is 0 Å². The van der Waals surface area contributed by atoms with Gasteiger partial charge in [-0.05, 0) is 92.2 Å². The Kier molecular flexibility index (Phi) is 6.53. The van der Waals surface area contributed by atoms with Gasteiger partial charge in [0.05, 0.1) is 0 Å². The molecule has 0 radical (unpaired) electrons. The van der Waals surface area contributed by atoms with Crippen molar-refractivity contribution in [1.82, 2.24) is 0 Å². The third-order valence-corrected chi connectivity index (χ3v) is 10.0. The second-order valence-electron chi connectivity index (χ2n) is 12.8. The summed E-state index contributed by atoms with van der Waals surface area (Å²) in [6, 6.07) is 67.3. The third-order valence-electron chi connectivity index (χ3n) is 10.0. The molecule has 0 atom stereocenters. The number of rotatable bonds is 5. The van der Waals surface area contributed by atoms with Gasteiger partial charge in [-0.25, -0.2) is 0 Å². The van der Waals surface area contributed by atoms with Gasteiger partial charge >= 0.3 is 0 Å². The van der Waals surface area contributed by atoms with E-state index in [0.29, 0.717) is 0 Å². The molecule has 0 aliphatic carbocycles. The van der Waals surface area contributed by atoms with E-state index in [1.54, 1.807) is 0 Å². The van der Waals surface area contributed by atoms with Crippen LogP contribution in [0.5, 0.6) is 0 Å². The first-order valence-electron chi connectivity index (χ1n) is 17.1. The van der Waals surface area contributed by atoms with Crippen molar-refractivity contribution < 1.29 is 4.42 Å². The number of hydrogen-bond acceptors (Lipinski definition) is 2. The topological polar surface area (TPSA) is 16.4 Å². The summed E-state index contributed by atoms with van der Waals surface area (Å²) >= 11 is 0. The van der Waals surface area contributed by atoms with Crippen LogP contribution in [-0.4, -0.2) is 0 Å².